The number of nitrogens with zero attached hydrogens (tertiary/aromatic N) is 4. The van der Waals surface area contributed by atoms with Crippen LogP contribution in [0.2, 0.25) is 0 Å². The lowest BCUT2D eigenvalue weighted by atomic mass is 9.98. The van der Waals surface area contributed by atoms with Crippen molar-refractivity contribution in [2.45, 2.75) is 0 Å². The Morgan fingerprint density at radius 2 is 0.716 bits per heavy atom. The van der Waals surface area contributed by atoms with Gasteiger partial charge in [-0.05, 0) is 124 Å². The van der Waals surface area contributed by atoms with Crippen LogP contribution < -0.4 is 0 Å². The van der Waals surface area contributed by atoms with E-state index in [-0.39, 0.29) is 0 Å². The molecule has 0 aliphatic rings. The molecule has 10 aromatic carbocycles. The minimum Gasteiger partial charge on any atom is -0.309 e. The molecule has 4 heteroatoms. The Hall–Kier alpha value is -8.99. The van der Waals surface area contributed by atoms with Crippen LogP contribution in [-0.2, 0) is 0 Å². The summed E-state index contributed by atoms with van der Waals surface area (Å²) in [6, 6.07) is 86.2. The van der Waals surface area contributed by atoms with Gasteiger partial charge in [0.05, 0.1) is 50.3 Å². The Morgan fingerprint density at radius 3 is 1.31 bits per heavy atom. The number of para-hydroxylation sites is 5. The molecule has 0 aliphatic heterocycles. The van der Waals surface area contributed by atoms with Crippen molar-refractivity contribution in [3.63, 3.8) is 0 Å². The van der Waals surface area contributed by atoms with E-state index < -0.39 is 0 Å². The SMILES string of the molecule is c1ccc(-c2cc(-c3ccccc3)cc(-n3c4ccccc4c4cc(-c5ccc6c(c5)c5ccccc5n6-c5ccc(-c6c7ccccc7n7c6cnc6ccccc67)cc5)ccc43)c2)cc1. The molecule has 67 heavy (non-hydrogen) atoms. The predicted molar refractivity (Wildman–Crippen MR) is 281 cm³/mol. The van der Waals surface area contributed by atoms with Crippen molar-refractivity contribution in [1.29, 1.82) is 0 Å². The van der Waals surface area contributed by atoms with Crippen molar-refractivity contribution in [3.05, 3.63) is 243 Å². The average Bonchev–Trinajstić information content (AvgIpc) is 4.04. The standard InChI is InChI=1S/C63H40N4/c1-3-15-41(16-4-1)46-35-47(42-17-5-2-6-18-42)37-49(36-46)66-57-24-12-8-20-51(57)54-39-45(30-34-60(54)66)44-29-33-59-53(38-44)50-19-7-11-23-56(50)65(59)48-31-27-43(28-32-48)63-52-21-9-13-25-58(52)67-61-26-14-10-22-55(61)64-40-62(63)67/h1-40H. The van der Waals surface area contributed by atoms with Crippen LogP contribution in [0.4, 0.5) is 0 Å². The van der Waals surface area contributed by atoms with Crippen molar-refractivity contribution in [1.82, 2.24) is 18.5 Å². The minimum atomic E-state index is 0.985. The molecule has 0 radical (unpaired) electrons. The second kappa shape index (κ2) is 14.8. The van der Waals surface area contributed by atoms with Crippen LogP contribution in [0.3, 0.4) is 0 Å². The highest BCUT2D eigenvalue weighted by atomic mass is 15.0. The Labute approximate surface area is 386 Å². The fourth-order valence-corrected chi connectivity index (χ4v) is 10.8. The molecule has 0 bridgehead atoms. The molecule has 0 saturated heterocycles. The van der Waals surface area contributed by atoms with Gasteiger partial charge in [-0.15, -0.1) is 0 Å². The topological polar surface area (TPSA) is 27.2 Å². The van der Waals surface area contributed by atoms with Gasteiger partial charge < -0.3 is 13.5 Å². The van der Waals surface area contributed by atoms with E-state index in [1.54, 1.807) is 0 Å². The van der Waals surface area contributed by atoms with E-state index in [0.29, 0.717) is 0 Å². The van der Waals surface area contributed by atoms with Gasteiger partial charge in [0.2, 0.25) is 0 Å². The second-order valence-corrected chi connectivity index (χ2v) is 17.6. The van der Waals surface area contributed by atoms with E-state index in [1.807, 2.05) is 6.20 Å². The molecule has 0 spiro atoms. The van der Waals surface area contributed by atoms with Gasteiger partial charge in [-0.3, -0.25) is 4.98 Å². The summed E-state index contributed by atoms with van der Waals surface area (Å²) in [5, 5.41) is 6.15. The lowest BCUT2D eigenvalue weighted by Crippen LogP contribution is -1.96. The zero-order chi connectivity index (χ0) is 44.0. The van der Waals surface area contributed by atoms with Gasteiger partial charge in [0, 0.05) is 43.9 Å². The molecule has 14 aromatic rings. The molecule has 14 rings (SSSR count). The van der Waals surface area contributed by atoms with Crippen LogP contribution in [-0.4, -0.2) is 18.5 Å². The molecular weight excluding hydrogens is 813 g/mol. The number of rotatable bonds is 6. The Kier molecular flexibility index (Phi) is 8.25. The monoisotopic (exact) mass is 852 g/mol. The molecule has 4 heterocycles. The summed E-state index contributed by atoms with van der Waals surface area (Å²) in [4.78, 5) is 4.89. The van der Waals surface area contributed by atoms with Gasteiger partial charge in [-0.1, -0.05) is 152 Å². The number of hydrogen-bond acceptors (Lipinski definition) is 1. The summed E-state index contributed by atoms with van der Waals surface area (Å²) >= 11 is 0. The number of hydrogen-bond donors (Lipinski definition) is 0. The van der Waals surface area contributed by atoms with E-state index in [2.05, 4.69) is 250 Å². The molecule has 0 fully saturated rings. The van der Waals surface area contributed by atoms with Gasteiger partial charge in [0.15, 0.2) is 0 Å². The summed E-state index contributed by atoms with van der Waals surface area (Å²) in [5.41, 5.74) is 20.9. The third-order valence-electron chi connectivity index (χ3n) is 13.8. The Morgan fingerprint density at radius 1 is 0.254 bits per heavy atom. The first-order valence-electron chi connectivity index (χ1n) is 22.9. The third-order valence-corrected chi connectivity index (χ3v) is 13.8. The first-order chi connectivity index (χ1) is 33.2. The zero-order valence-electron chi connectivity index (χ0n) is 36.4. The van der Waals surface area contributed by atoms with Crippen LogP contribution >= 0.6 is 0 Å². The summed E-state index contributed by atoms with van der Waals surface area (Å²) in [6.07, 6.45) is 2.03. The molecule has 0 amide bonds. The normalized spacial score (nSPS) is 11.9. The maximum atomic E-state index is 4.89. The largest absolute Gasteiger partial charge is 0.309 e. The first-order valence-corrected chi connectivity index (χ1v) is 22.9. The molecule has 0 atom stereocenters. The highest BCUT2D eigenvalue weighted by Crippen LogP contribution is 2.41. The lowest BCUT2D eigenvalue weighted by molar-refractivity contribution is 1.18. The van der Waals surface area contributed by atoms with Gasteiger partial charge in [0.1, 0.15) is 0 Å². The van der Waals surface area contributed by atoms with Crippen molar-refractivity contribution < 1.29 is 0 Å². The highest BCUT2D eigenvalue weighted by molar-refractivity contribution is 6.13. The van der Waals surface area contributed by atoms with E-state index >= 15 is 0 Å². The number of fused-ring (bicyclic) bond motifs is 11. The van der Waals surface area contributed by atoms with Crippen LogP contribution in [0.5, 0.6) is 0 Å². The lowest BCUT2D eigenvalue weighted by Gasteiger charge is -2.14. The molecule has 0 N–H and O–H groups in total. The van der Waals surface area contributed by atoms with E-state index in [4.69, 9.17) is 4.98 Å². The van der Waals surface area contributed by atoms with Gasteiger partial charge in [0.25, 0.3) is 0 Å². The zero-order valence-corrected chi connectivity index (χ0v) is 36.4. The smallest absolute Gasteiger partial charge is 0.0871 e. The van der Waals surface area contributed by atoms with Crippen LogP contribution in [0.1, 0.15) is 0 Å². The van der Waals surface area contributed by atoms with Crippen molar-refractivity contribution in [3.8, 4) is 55.9 Å². The van der Waals surface area contributed by atoms with Gasteiger partial charge in [-0.2, -0.15) is 0 Å². The van der Waals surface area contributed by atoms with Crippen molar-refractivity contribution >= 4 is 71.1 Å². The van der Waals surface area contributed by atoms with Crippen LogP contribution in [0, 0.1) is 0 Å². The predicted octanol–water partition coefficient (Wildman–Crippen LogP) is 16.5. The highest BCUT2D eigenvalue weighted by Gasteiger charge is 2.19. The summed E-state index contributed by atoms with van der Waals surface area (Å²) in [7, 11) is 0. The van der Waals surface area contributed by atoms with Gasteiger partial charge in [-0.25, -0.2) is 0 Å². The Balaban J connectivity index is 0.887. The fourth-order valence-electron chi connectivity index (χ4n) is 10.8. The van der Waals surface area contributed by atoms with Crippen molar-refractivity contribution in [2.24, 2.45) is 0 Å². The summed E-state index contributed by atoms with van der Waals surface area (Å²) in [5.74, 6) is 0. The van der Waals surface area contributed by atoms with Crippen LogP contribution in [0.15, 0.2) is 243 Å². The third kappa shape index (κ3) is 5.83. The van der Waals surface area contributed by atoms with Crippen LogP contribution in [0.25, 0.3) is 127 Å². The van der Waals surface area contributed by atoms with E-state index in [0.717, 1.165) is 27.9 Å². The number of benzene rings is 10. The fraction of sp³-hybridized carbons (Fsp3) is 0. The molecule has 4 aromatic heterocycles. The van der Waals surface area contributed by atoms with Gasteiger partial charge >= 0.3 is 0 Å². The molecule has 0 aliphatic carbocycles. The summed E-state index contributed by atoms with van der Waals surface area (Å²) < 4.78 is 7.21. The average molecular weight is 853 g/mol. The summed E-state index contributed by atoms with van der Waals surface area (Å²) in [6.45, 7) is 0. The molecule has 312 valence electrons. The van der Waals surface area contributed by atoms with E-state index in [9.17, 15) is 0 Å². The Bertz CT molecular complexity index is 4190. The van der Waals surface area contributed by atoms with E-state index in [1.165, 1.54) is 99.0 Å². The minimum absolute atomic E-state index is 0.985. The maximum Gasteiger partial charge on any atom is 0.0871 e. The molecule has 0 unspecified atom stereocenters. The molecule has 4 nitrogen and oxygen atoms in total. The molecular formula is C63H40N4. The quantitative estimate of drug-likeness (QED) is 0.164. The number of aromatic nitrogens is 4. The first kappa shape index (κ1) is 37.4. The van der Waals surface area contributed by atoms with Crippen molar-refractivity contribution in [2.75, 3.05) is 0 Å². The second-order valence-electron chi connectivity index (χ2n) is 17.6. The molecule has 0 saturated carbocycles. The maximum absolute atomic E-state index is 4.89.